The molecule has 2 rings (SSSR count). The van der Waals surface area contributed by atoms with Crippen molar-refractivity contribution in [2.24, 2.45) is 5.92 Å². The fraction of sp³-hybridized carbons (Fsp3) is 0.750. The van der Waals surface area contributed by atoms with E-state index >= 15 is 0 Å². The van der Waals surface area contributed by atoms with Crippen LogP contribution in [0.4, 0.5) is 0 Å². The van der Waals surface area contributed by atoms with Gasteiger partial charge in [0.05, 0.1) is 5.69 Å². The molecule has 16 heavy (non-hydrogen) atoms. The lowest BCUT2D eigenvalue weighted by molar-refractivity contribution is 0.426. The summed E-state index contributed by atoms with van der Waals surface area (Å²) in [6.45, 7) is 6.28. The van der Waals surface area contributed by atoms with Crippen molar-refractivity contribution in [3.8, 4) is 0 Å². The van der Waals surface area contributed by atoms with Gasteiger partial charge in [-0.3, -0.25) is 0 Å². The lowest BCUT2D eigenvalue weighted by Crippen LogP contribution is -2.29. The molecule has 4 heteroatoms. The lowest BCUT2D eigenvalue weighted by Gasteiger charge is -2.18. The van der Waals surface area contributed by atoms with E-state index in [1.54, 1.807) is 11.8 Å². The highest BCUT2D eigenvalue weighted by Crippen LogP contribution is 2.38. The zero-order valence-corrected chi connectivity index (χ0v) is 11.2. The monoisotopic (exact) mass is 240 g/mol. The van der Waals surface area contributed by atoms with Gasteiger partial charge < -0.3 is 9.73 Å². The molecule has 0 spiro atoms. The molecule has 0 amide bonds. The molecule has 0 aliphatic heterocycles. The summed E-state index contributed by atoms with van der Waals surface area (Å²) in [6, 6.07) is 0.648. The highest BCUT2D eigenvalue weighted by Gasteiger charge is 2.33. The first-order chi connectivity index (χ1) is 7.61. The Kier molecular flexibility index (Phi) is 3.60. The molecule has 0 aromatic carbocycles. The third kappa shape index (κ3) is 2.28. The normalized spacial score (nSPS) is 29.9. The molecule has 1 N–H and O–H groups in total. The number of aromatic nitrogens is 1. The first-order valence-electron chi connectivity index (χ1n) is 5.89. The molecule has 1 saturated carbocycles. The van der Waals surface area contributed by atoms with Crippen LogP contribution in [0.5, 0.6) is 0 Å². The SMILES string of the molecule is CNC1CCC(Sc2nc(C)c(C)o2)C1C. The minimum absolute atomic E-state index is 0.634. The highest BCUT2D eigenvalue weighted by atomic mass is 32.2. The van der Waals surface area contributed by atoms with E-state index in [1.165, 1.54) is 12.8 Å². The van der Waals surface area contributed by atoms with Crippen LogP contribution in [0.15, 0.2) is 9.64 Å². The highest BCUT2D eigenvalue weighted by molar-refractivity contribution is 7.99. The molecule has 1 aliphatic rings. The summed E-state index contributed by atoms with van der Waals surface area (Å²) in [5, 5.41) is 4.85. The second-order valence-electron chi connectivity index (χ2n) is 4.61. The Balaban J connectivity index is 2.00. The second kappa shape index (κ2) is 4.80. The molecule has 1 aromatic heterocycles. The predicted octanol–water partition coefficient (Wildman–Crippen LogP) is 2.77. The molecule has 0 saturated heterocycles. The van der Waals surface area contributed by atoms with Crippen molar-refractivity contribution >= 4 is 11.8 Å². The van der Waals surface area contributed by atoms with E-state index in [0.29, 0.717) is 17.2 Å². The van der Waals surface area contributed by atoms with Gasteiger partial charge in [-0.15, -0.1) is 0 Å². The van der Waals surface area contributed by atoms with Gasteiger partial charge in [-0.2, -0.15) is 0 Å². The molecule has 1 fully saturated rings. The van der Waals surface area contributed by atoms with Crippen LogP contribution in [0.2, 0.25) is 0 Å². The first kappa shape index (κ1) is 12.0. The van der Waals surface area contributed by atoms with Gasteiger partial charge in [0.1, 0.15) is 5.76 Å². The fourth-order valence-corrected chi connectivity index (χ4v) is 3.61. The number of hydrogen-bond donors (Lipinski definition) is 1. The summed E-state index contributed by atoms with van der Waals surface area (Å²) in [5.74, 6) is 1.63. The van der Waals surface area contributed by atoms with Gasteiger partial charge >= 0.3 is 0 Å². The minimum atomic E-state index is 0.634. The van der Waals surface area contributed by atoms with E-state index in [2.05, 4.69) is 17.2 Å². The number of oxazole rings is 1. The van der Waals surface area contributed by atoms with Crippen LogP contribution in [0.1, 0.15) is 31.2 Å². The molecular weight excluding hydrogens is 220 g/mol. The Hall–Kier alpha value is -0.480. The standard InChI is InChI=1S/C12H20N2OS/c1-7-10(13-4)5-6-11(7)16-12-14-8(2)9(3)15-12/h7,10-11,13H,5-6H2,1-4H3. The maximum Gasteiger partial charge on any atom is 0.256 e. The van der Waals surface area contributed by atoms with Crippen LogP contribution in [0.25, 0.3) is 0 Å². The molecule has 1 aromatic rings. The molecule has 0 bridgehead atoms. The van der Waals surface area contributed by atoms with E-state index < -0.39 is 0 Å². The van der Waals surface area contributed by atoms with Crippen LogP contribution in [0.3, 0.4) is 0 Å². The average molecular weight is 240 g/mol. The number of nitrogens with one attached hydrogen (secondary N) is 1. The topological polar surface area (TPSA) is 38.1 Å². The fourth-order valence-electron chi connectivity index (χ4n) is 2.33. The first-order valence-corrected chi connectivity index (χ1v) is 6.77. The molecule has 0 radical (unpaired) electrons. The van der Waals surface area contributed by atoms with E-state index in [-0.39, 0.29) is 0 Å². The summed E-state index contributed by atoms with van der Waals surface area (Å²) < 4.78 is 5.62. The Morgan fingerprint density at radius 2 is 2.12 bits per heavy atom. The number of nitrogens with zero attached hydrogens (tertiary/aromatic N) is 1. The third-order valence-corrected chi connectivity index (χ3v) is 4.96. The smallest absolute Gasteiger partial charge is 0.256 e. The van der Waals surface area contributed by atoms with Crippen molar-refractivity contribution in [2.45, 2.75) is 50.1 Å². The number of aryl methyl sites for hydroxylation is 2. The average Bonchev–Trinajstić information content (AvgIpc) is 2.74. The van der Waals surface area contributed by atoms with Gasteiger partial charge in [0.2, 0.25) is 0 Å². The van der Waals surface area contributed by atoms with Crippen LogP contribution in [-0.2, 0) is 0 Å². The molecule has 1 heterocycles. The zero-order chi connectivity index (χ0) is 11.7. The molecule has 3 unspecified atom stereocenters. The van der Waals surface area contributed by atoms with Crippen molar-refractivity contribution in [1.82, 2.24) is 10.3 Å². The number of rotatable bonds is 3. The van der Waals surface area contributed by atoms with Crippen molar-refractivity contribution in [3.05, 3.63) is 11.5 Å². The quantitative estimate of drug-likeness (QED) is 0.881. The van der Waals surface area contributed by atoms with Gasteiger partial charge in [0, 0.05) is 11.3 Å². The zero-order valence-electron chi connectivity index (χ0n) is 10.4. The van der Waals surface area contributed by atoms with Crippen molar-refractivity contribution in [2.75, 3.05) is 7.05 Å². The maximum absolute atomic E-state index is 5.62. The minimum Gasteiger partial charge on any atom is -0.437 e. The van der Waals surface area contributed by atoms with Crippen LogP contribution in [-0.4, -0.2) is 23.3 Å². The maximum atomic E-state index is 5.62. The van der Waals surface area contributed by atoms with Crippen molar-refractivity contribution in [1.29, 1.82) is 0 Å². The molecular formula is C12H20N2OS. The van der Waals surface area contributed by atoms with E-state index in [1.807, 2.05) is 20.9 Å². The van der Waals surface area contributed by atoms with Gasteiger partial charge in [-0.05, 0) is 39.7 Å². The lowest BCUT2D eigenvalue weighted by atomic mass is 10.1. The Bertz CT molecular complexity index is 344. The van der Waals surface area contributed by atoms with Gasteiger partial charge in [0.25, 0.3) is 5.22 Å². The van der Waals surface area contributed by atoms with Gasteiger partial charge in [0.15, 0.2) is 0 Å². The van der Waals surface area contributed by atoms with E-state index in [4.69, 9.17) is 4.42 Å². The molecule has 3 nitrogen and oxygen atoms in total. The predicted molar refractivity (Wildman–Crippen MR) is 66.9 cm³/mol. The summed E-state index contributed by atoms with van der Waals surface area (Å²) in [7, 11) is 2.05. The van der Waals surface area contributed by atoms with Crippen LogP contribution >= 0.6 is 11.8 Å². The number of thioether (sulfide) groups is 1. The van der Waals surface area contributed by atoms with Crippen molar-refractivity contribution < 1.29 is 4.42 Å². The summed E-state index contributed by atoms with van der Waals surface area (Å²) in [5.41, 5.74) is 1.01. The third-order valence-electron chi connectivity index (χ3n) is 3.62. The Labute approximate surface area is 101 Å². The molecule has 90 valence electrons. The summed E-state index contributed by atoms with van der Waals surface area (Å²) in [4.78, 5) is 4.43. The van der Waals surface area contributed by atoms with Crippen molar-refractivity contribution in [3.63, 3.8) is 0 Å². The summed E-state index contributed by atoms with van der Waals surface area (Å²) >= 11 is 1.80. The summed E-state index contributed by atoms with van der Waals surface area (Å²) in [6.07, 6.45) is 2.51. The second-order valence-corrected chi connectivity index (χ2v) is 5.80. The van der Waals surface area contributed by atoms with E-state index in [0.717, 1.165) is 16.7 Å². The molecule has 1 aliphatic carbocycles. The van der Waals surface area contributed by atoms with Crippen LogP contribution < -0.4 is 5.32 Å². The van der Waals surface area contributed by atoms with E-state index in [9.17, 15) is 0 Å². The number of hydrogen-bond acceptors (Lipinski definition) is 4. The van der Waals surface area contributed by atoms with Gasteiger partial charge in [-0.25, -0.2) is 4.98 Å². The largest absolute Gasteiger partial charge is 0.437 e. The Morgan fingerprint density at radius 3 is 2.62 bits per heavy atom. The Morgan fingerprint density at radius 1 is 1.38 bits per heavy atom. The molecule has 3 atom stereocenters. The van der Waals surface area contributed by atoms with Crippen LogP contribution in [0, 0.1) is 19.8 Å². The van der Waals surface area contributed by atoms with Gasteiger partial charge in [-0.1, -0.05) is 18.7 Å².